The summed E-state index contributed by atoms with van der Waals surface area (Å²) in [6, 6.07) is 6.62. The normalized spacial score (nSPS) is 29.2. The number of likely N-dealkylation sites (tertiary alicyclic amines) is 1. The number of benzene rings is 1. The zero-order valence-electron chi connectivity index (χ0n) is 12.6. The van der Waals surface area contributed by atoms with Crippen LogP contribution in [0, 0.1) is 21.4 Å². The number of carboxylic acid groups (broad SMARTS) is 1. The molecule has 3 atom stereocenters. The Morgan fingerprint density at radius 2 is 2.32 bits per heavy atom. The second kappa shape index (κ2) is 5.35. The van der Waals surface area contributed by atoms with Crippen molar-refractivity contribution in [2.75, 3.05) is 13.1 Å². The van der Waals surface area contributed by atoms with Crippen molar-refractivity contribution in [1.29, 1.82) is 0 Å². The number of hydrogen-bond donors (Lipinski definition) is 1. The maximum Gasteiger partial charge on any atom is 0.311 e. The lowest BCUT2D eigenvalue weighted by Crippen LogP contribution is -2.36. The number of rotatable bonds is 4. The van der Waals surface area contributed by atoms with Crippen molar-refractivity contribution >= 4 is 11.7 Å². The van der Waals surface area contributed by atoms with Gasteiger partial charge in [0.25, 0.3) is 5.69 Å². The zero-order chi connectivity index (χ0) is 15.9. The van der Waals surface area contributed by atoms with Crippen molar-refractivity contribution in [1.82, 2.24) is 4.90 Å². The van der Waals surface area contributed by atoms with Gasteiger partial charge in [0, 0.05) is 31.3 Å². The van der Waals surface area contributed by atoms with Gasteiger partial charge in [-0.15, -0.1) is 0 Å². The molecule has 3 rings (SSSR count). The summed E-state index contributed by atoms with van der Waals surface area (Å²) in [5.41, 5.74) is 0.334. The Morgan fingerprint density at radius 1 is 1.55 bits per heavy atom. The van der Waals surface area contributed by atoms with Gasteiger partial charge in [-0.3, -0.25) is 19.8 Å². The van der Waals surface area contributed by atoms with Gasteiger partial charge in [-0.2, -0.15) is 0 Å². The van der Waals surface area contributed by atoms with E-state index in [0.717, 1.165) is 31.4 Å². The SMILES string of the molecule is CC(c1cccc([N+](=O)[O-])c1)N1C[C@@H]2CCC[C@@]2(C(=O)O)C1. The minimum Gasteiger partial charge on any atom is -0.481 e. The lowest BCUT2D eigenvalue weighted by atomic mass is 9.81. The number of carbonyl (C=O) groups is 1. The van der Waals surface area contributed by atoms with Crippen LogP contribution in [0.4, 0.5) is 5.69 Å². The van der Waals surface area contributed by atoms with Gasteiger partial charge in [0.05, 0.1) is 10.3 Å². The van der Waals surface area contributed by atoms with Crippen molar-refractivity contribution < 1.29 is 14.8 Å². The molecule has 2 aliphatic rings. The third-order valence-corrected chi connectivity index (χ3v) is 5.43. The molecule has 1 aliphatic heterocycles. The lowest BCUT2D eigenvalue weighted by Gasteiger charge is -2.27. The number of non-ortho nitro benzene ring substituents is 1. The molecule has 2 fully saturated rings. The molecule has 118 valence electrons. The van der Waals surface area contributed by atoms with E-state index >= 15 is 0 Å². The Balaban J connectivity index is 1.82. The number of hydrogen-bond acceptors (Lipinski definition) is 4. The molecule has 0 amide bonds. The summed E-state index contributed by atoms with van der Waals surface area (Å²) in [5.74, 6) is -0.491. The highest BCUT2D eigenvalue weighted by Crippen LogP contribution is 2.50. The molecule has 1 aliphatic carbocycles. The van der Waals surface area contributed by atoms with Gasteiger partial charge >= 0.3 is 5.97 Å². The van der Waals surface area contributed by atoms with Crippen LogP contribution in [0.15, 0.2) is 24.3 Å². The minimum absolute atomic E-state index is 0.0123. The van der Waals surface area contributed by atoms with Gasteiger partial charge in [-0.1, -0.05) is 18.6 Å². The highest BCUT2D eigenvalue weighted by Gasteiger charge is 2.55. The van der Waals surface area contributed by atoms with E-state index in [1.165, 1.54) is 6.07 Å². The molecule has 1 saturated carbocycles. The first-order chi connectivity index (χ1) is 10.4. The van der Waals surface area contributed by atoms with Crippen LogP contribution in [0.25, 0.3) is 0 Å². The van der Waals surface area contributed by atoms with Gasteiger partial charge in [0.15, 0.2) is 0 Å². The molecule has 6 nitrogen and oxygen atoms in total. The fraction of sp³-hybridized carbons (Fsp3) is 0.562. The topological polar surface area (TPSA) is 83.7 Å². The highest BCUT2D eigenvalue weighted by atomic mass is 16.6. The Morgan fingerprint density at radius 3 is 2.95 bits per heavy atom. The summed E-state index contributed by atoms with van der Waals surface area (Å²) in [5, 5.41) is 20.6. The molecule has 1 saturated heterocycles. The number of nitrogens with zero attached hydrogens (tertiary/aromatic N) is 2. The van der Waals surface area contributed by atoms with Gasteiger partial charge in [0.2, 0.25) is 0 Å². The summed E-state index contributed by atoms with van der Waals surface area (Å²) in [7, 11) is 0. The maximum absolute atomic E-state index is 11.7. The first kappa shape index (κ1) is 15.0. The minimum atomic E-state index is -0.691. The van der Waals surface area contributed by atoms with E-state index in [1.807, 2.05) is 13.0 Å². The van der Waals surface area contributed by atoms with Crippen LogP contribution in [0.3, 0.4) is 0 Å². The Labute approximate surface area is 128 Å². The second-order valence-corrected chi connectivity index (χ2v) is 6.51. The Kier molecular flexibility index (Phi) is 3.64. The standard InChI is InChI=1S/C16H20N2O4/c1-11(12-4-2-6-14(8-12)18(21)22)17-9-13-5-3-7-16(13,10-17)15(19)20/h2,4,6,8,11,13H,3,5,7,9-10H2,1H3,(H,19,20)/t11?,13-,16+/m0/s1. The summed E-state index contributed by atoms with van der Waals surface area (Å²) in [6.07, 6.45) is 2.69. The molecule has 1 heterocycles. The molecular formula is C16H20N2O4. The van der Waals surface area contributed by atoms with E-state index in [4.69, 9.17) is 0 Å². The fourth-order valence-corrected chi connectivity index (χ4v) is 4.08. The zero-order valence-corrected chi connectivity index (χ0v) is 12.6. The molecule has 1 aromatic carbocycles. The number of fused-ring (bicyclic) bond motifs is 1. The smallest absolute Gasteiger partial charge is 0.311 e. The van der Waals surface area contributed by atoms with E-state index in [-0.39, 0.29) is 17.6 Å². The monoisotopic (exact) mass is 304 g/mol. The van der Waals surface area contributed by atoms with Gasteiger partial charge < -0.3 is 5.11 Å². The quantitative estimate of drug-likeness (QED) is 0.683. The van der Waals surface area contributed by atoms with Gasteiger partial charge in [-0.25, -0.2) is 0 Å². The average molecular weight is 304 g/mol. The number of aliphatic carboxylic acids is 1. The predicted octanol–water partition coefficient (Wildman–Crippen LogP) is 2.84. The van der Waals surface area contributed by atoms with E-state index in [1.54, 1.807) is 12.1 Å². The summed E-state index contributed by atoms with van der Waals surface area (Å²) in [4.78, 5) is 24.4. The van der Waals surface area contributed by atoms with Crippen molar-refractivity contribution in [2.45, 2.75) is 32.2 Å². The number of carboxylic acids is 1. The second-order valence-electron chi connectivity index (χ2n) is 6.51. The number of nitro groups is 1. The highest BCUT2D eigenvalue weighted by molar-refractivity contribution is 5.76. The van der Waals surface area contributed by atoms with Crippen LogP contribution < -0.4 is 0 Å². The molecule has 0 aromatic heterocycles. The molecule has 1 aromatic rings. The van der Waals surface area contributed by atoms with Crippen molar-refractivity contribution in [2.24, 2.45) is 11.3 Å². The van der Waals surface area contributed by atoms with E-state index < -0.39 is 16.3 Å². The third-order valence-electron chi connectivity index (χ3n) is 5.43. The molecule has 22 heavy (non-hydrogen) atoms. The average Bonchev–Trinajstić information content (AvgIpc) is 3.04. The van der Waals surface area contributed by atoms with Crippen LogP contribution >= 0.6 is 0 Å². The summed E-state index contributed by atoms with van der Waals surface area (Å²) in [6.45, 7) is 3.29. The first-order valence-electron chi connectivity index (χ1n) is 7.66. The number of nitro benzene ring substituents is 1. The lowest BCUT2D eigenvalue weighted by molar-refractivity contribution is -0.384. The van der Waals surface area contributed by atoms with Crippen molar-refractivity contribution in [3.8, 4) is 0 Å². The molecule has 0 spiro atoms. The van der Waals surface area contributed by atoms with Crippen LogP contribution in [-0.2, 0) is 4.79 Å². The maximum atomic E-state index is 11.7. The molecular weight excluding hydrogens is 284 g/mol. The largest absolute Gasteiger partial charge is 0.481 e. The Bertz CT molecular complexity index is 618. The van der Waals surface area contributed by atoms with Crippen molar-refractivity contribution in [3.05, 3.63) is 39.9 Å². The molecule has 0 radical (unpaired) electrons. The van der Waals surface area contributed by atoms with Crippen LogP contribution in [-0.4, -0.2) is 34.0 Å². The first-order valence-corrected chi connectivity index (χ1v) is 7.66. The van der Waals surface area contributed by atoms with Gasteiger partial charge in [-0.05, 0) is 31.2 Å². The molecule has 1 unspecified atom stereocenters. The summed E-state index contributed by atoms with van der Waals surface area (Å²) < 4.78 is 0. The van der Waals surface area contributed by atoms with E-state index in [0.29, 0.717) is 6.54 Å². The Hall–Kier alpha value is -1.95. The van der Waals surface area contributed by atoms with Crippen LogP contribution in [0.2, 0.25) is 0 Å². The predicted molar refractivity (Wildman–Crippen MR) is 80.5 cm³/mol. The molecule has 1 N–H and O–H groups in total. The van der Waals surface area contributed by atoms with E-state index in [2.05, 4.69) is 4.90 Å². The third kappa shape index (κ3) is 2.27. The van der Waals surface area contributed by atoms with Crippen molar-refractivity contribution in [3.63, 3.8) is 0 Å². The van der Waals surface area contributed by atoms with Crippen LogP contribution in [0.1, 0.15) is 37.8 Å². The van der Waals surface area contributed by atoms with E-state index in [9.17, 15) is 20.0 Å². The summed E-state index contributed by atoms with van der Waals surface area (Å²) >= 11 is 0. The molecule has 0 bridgehead atoms. The van der Waals surface area contributed by atoms with Gasteiger partial charge in [0.1, 0.15) is 0 Å². The van der Waals surface area contributed by atoms with Crippen LogP contribution in [0.5, 0.6) is 0 Å². The molecule has 6 heteroatoms. The fourth-order valence-electron chi connectivity index (χ4n) is 4.08.